The van der Waals surface area contributed by atoms with E-state index in [4.69, 9.17) is 4.74 Å². The SMILES string of the molecule is COc1ccccc1C(C)NC(=O)c1cnc(SC)n1-c1ccc(F)cc1. The van der Waals surface area contributed by atoms with Gasteiger partial charge in [-0.2, -0.15) is 0 Å². The van der Waals surface area contributed by atoms with Gasteiger partial charge in [-0.3, -0.25) is 9.36 Å². The Kier molecular flexibility index (Phi) is 5.81. The molecule has 1 amide bonds. The molecule has 3 aromatic rings. The number of nitrogens with one attached hydrogen (secondary N) is 1. The summed E-state index contributed by atoms with van der Waals surface area (Å²) in [5.41, 5.74) is 1.94. The largest absolute Gasteiger partial charge is 0.496 e. The number of benzene rings is 2. The fourth-order valence-corrected chi connectivity index (χ4v) is 3.40. The Hall–Kier alpha value is -2.80. The first-order valence-electron chi connectivity index (χ1n) is 8.36. The van der Waals surface area contributed by atoms with E-state index in [1.54, 1.807) is 23.8 Å². The highest BCUT2D eigenvalue weighted by Crippen LogP contribution is 2.26. The van der Waals surface area contributed by atoms with E-state index in [1.165, 1.54) is 30.1 Å². The Morgan fingerprint density at radius 1 is 1.22 bits per heavy atom. The first-order valence-corrected chi connectivity index (χ1v) is 9.59. The van der Waals surface area contributed by atoms with Gasteiger partial charge in [-0.15, -0.1) is 0 Å². The second-order valence-electron chi connectivity index (χ2n) is 5.88. The molecule has 27 heavy (non-hydrogen) atoms. The monoisotopic (exact) mass is 385 g/mol. The number of methoxy groups -OCH3 is 1. The number of imidazole rings is 1. The highest BCUT2D eigenvalue weighted by Gasteiger charge is 2.21. The minimum Gasteiger partial charge on any atom is -0.496 e. The molecule has 140 valence electrons. The van der Waals surface area contributed by atoms with Crippen molar-refractivity contribution in [1.29, 1.82) is 0 Å². The van der Waals surface area contributed by atoms with Gasteiger partial charge in [0.15, 0.2) is 5.16 Å². The van der Waals surface area contributed by atoms with Crippen molar-refractivity contribution < 1.29 is 13.9 Å². The number of hydrogen-bond acceptors (Lipinski definition) is 4. The Morgan fingerprint density at radius 3 is 2.59 bits per heavy atom. The van der Waals surface area contributed by atoms with Crippen LogP contribution in [0.15, 0.2) is 59.9 Å². The Balaban J connectivity index is 1.91. The van der Waals surface area contributed by atoms with Gasteiger partial charge in [0.25, 0.3) is 5.91 Å². The van der Waals surface area contributed by atoms with Crippen molar-refractivity contribution >= 4 is 17.7 Å². The first kappa shape index (κ1) is 19.0. The number of ether oxygens (including phenoxy) is 1. The van der Waals surface area contributed by atoms with E-state index in [2.05, 4.69) is 10.3 Å². The third-order valence-electron chi connectivity index (χ3n) is 4.18. The van der Waals surface area contributed by atoms with Gasteiger partial charge in [0, 0.05) is 11.3 Å². The molecule has 0 bridgehead atoms. The van der Waals surface area contributed by atoms with E-state index in [1.807, 2.05) is 37.4 Å². The summed E-state index contributed by atoms with van der Waals surface area (Å²) in [6, 6.07) is 13.2. The van der Waals surface area contributed by atoms with Crippen molar-refractivity contribution in [3.05, 3.63) is 71.8 Å². The van der Waals surface area contributed by atoms with Gasteiger partial charge in [0.2, 0.25) is 0 Å². The highest BCUT2D eigenvalue weighted by atomic mass is 32.2. The van der Waals surface area contributed by atoms with Crippen LogP contribution < -0.4 is 10.1 Å². The molecule has 7 heteroatoms. The molecule has 0 aliphatic rings. The zero-order valence-corrected chi connectivity index (χ0v) is 16.1. The van der Waals surface area contributed by atoms with Gasteiger partial charge in [0.1, 0.15) is 17.3 Å². The van der Waals surface area contributed by atoms with E-state index >= 15 is 0 Å². The minimum absolute atomic E-state index is 0.261. The summed E-state index contributed by atoms with van der Waals surface area (Å²) in [7, 11) is 1.60. The standard InChI is InChI=1S/C20H20FN3O2S/c1-13(16-6-4-5-7-18(16)26-2)23-19(25)17-12-22-20(27-3)24(17)15-10-8-14(21)9-11-15/h4-13H,1-3H3,(H,23,25). The summed E-state index contributed by atoms with van der Waals surface area (Å²) in [4.78, 5) is 17.2. The predicted molar refractivity (Wildman–Crippen MR) is 104 cm³/mol. The third kappa shape index (κ3) is 3.98. The van der Waals surface area contributed by atoms with Crippen molar-refractivity contribution in [3.8, 4) is 11.4 Å². The topological polar surface area (TPSA) is 56.1 Å². The summed E-state index contributed by atoms with van der Waals surface area (Å²) in [5.74, 6) is 0.105. The van der Waals surface area contributed by atoms with Crippen molar-refractivity contribution in [2.24, 2.45) is 0 Å². The van der Waals surface area contributed by atoms with Crippen LogP contribution in [0.3, 0.4) is 0 Å². The van der Waals surface area contributed by atoms with Crippen LogP contribution in [-0.2, 0) is 0 Å². The molecule has 0 radical (unpaired) electrons. The number of carbonyl (C=O) groups is 1. The fraction of sp³-hybridized carbons (Fsp3) is 0.200. The molecule has 1 aromatic heterocycles. The van der Waals surface area contributed by atoms with E-state index in [-0.39, 0.29) is 17.8 Å². The van der Waals surface area contributed by atoms with Crippen molar-refractivity contribution in [2.45, 2.75) is 18.1 Å². The average molecular weight is 385 g/mol. The molecule has 0 aliphatic heterocycles. The van der Waals surface area contributed by atoms with Crippen LogP contribution in [0.4, 0.5) is 4.39 Å². The number of amides is 1. The first-order chi connectivity index (χ1) is 13.0. The number of aromatic nitrogens is 2. The number of halogens is 1. The van der Waals surface area contributed by atoms with E-state index < -0.39 is 0 Å². The maximum atomic E-state index is 13.3. The van der Waals surface area contributed by atoms with Gasteiger partial charge in [0.05, 0.1) is 19.3 Å². The minimum atomic E-state index is -0.333. The number of nitrogens with zero attached hydrogens (tertiary/aromatic N) is 2. The molecule has 0 aliphatic carbocycles. The van der Waals surface area contributed by atoms with Gasteiger partial charge in [-0.1, -0.05) is 30.0 Å². The predicted octanol–water partition coefficient (Wildman–Crippen LogP) is 4.23. The van der Waals surface area contributed by atoms with E-state index in [9.17, 15) is 9.18 Å². The molecular formula is C20H20FN3O2S. The Bertz CT molecular complexity index is 941. The maximum Gasteiger partial charge on any atom is 0.270 e. The van der Waals surface area contributed by atoms with Crippen LogP contribution in [0.25, 0.3) is 5.69 Å². The normalized spacial score (nSPS) is 11.9. The summed E-state index contributed by atoms with van der Waals surface area (Å²) in [5, 5.41) is 3.63. The quantitative estimate of drug-likeness (QED) is 0.645. The van der Waals surface area contributed by atoms with E-state index in [0.29, 0.717) is 22.3 Å². The zero-order chi connectivity index (χ0) is 19.4. The summed E-state index contributed by atoms with van der Waals surface area (Å²) in [6.07, 6.45) is 3.40. The molecule has 0 fully saturated rings. The summed E-state index contributed by atoms with van der Waals surface area (Å²) < 4.78 is 20.4. The summed E-state index contributed by atoms with van der Waals surface area (Å²) >= 11 is 1.41. The number of rotatable bonds is 6. The molecule has 1 heterocycles. The van der Waals surface area contributed by atoms with Gasteiger partial charge in [-0.05, 0) is 43.5 Å². The van der Waals surface area contributed by atoms with Crippen LogP contribution in [0.5, 0.6) is 5.75 Å². The number of para-hydroxylation sites is 1. The Morgan fingerprint density at radius 2 is 1.93 bits per heavy atom. The molecule has 0 saturated carbocycles. The highest BCUT2D eigenvalue weighted by molar-refractivity contribution is 7.98. The summed E-state index contributed by atoms with van der Waals surface area (Å²) in [6.45, 7) is 1.89. The number of hydrogen-bond donors (Lipinski definition) is 1. The molecular weight excluding hydrogens is 365 g/mol. The van der Waals surface area contributed by atoms with Crippen LogP contribution in [0, 0.1) is 5.82 Å². The molecule has 5 nitrogen and oxygen atoms in total. The van der Waals surface area contributed by atoms with Gasteiger partial charge >= 0.3 is 0 Å². The van der Waals surface area contributed by atoms with Crippen LogP contribution >= 0.6 is 11.8 Å². The third-order valence-corrected chi connectivity index (χ3v) is 4.84. The average Bonchev–Trinajstić information content (AvgIpc) is 3.12. The smallest absolute Gasteiger partial charge is 0.270 e. The number of carbonyl (C=O) groups excluding carboxylic acids is 1. The number of thioether (sulfide) groups is 1. The molecule has 1 atom stereocenters. The molecule has 2 aromatic carbocycles. The lowest BCUT2D eigenvalue weighted by atomic mass is 10.1. The zero-order valence-electron chi connectivity index (χ0n) is 15.3. The van der Waals surface area contributed by atoms with Crippen LogP contribution in [0.2, 0.25) is 0 Å². The lowest BCUT2D eigenvalue weighted by Crippen LogP contribution is -2.28. The van der Waals surface area contributed by atoms with Crippen LogP contribution in [0.1, 0.15) is 29.0 Å². The lowest BCUT2D eigenvalue weighted by Gasteiger charge is -2.18. The second kappa shape index (κ2) is 8.26. The molecule has 3 rings (SSSR count). The van der Waals surface area contributed by atoms with E-state index in [0.717, 1.165) is 5.56 Å². The second-order valence-corrected chi connectivity index (χ2v) is 6.65. The fourth-order valence-electron chi connectivity index (χ4n) is 2.85. The molecule has 0 saturated heterocycles. The van der Waals surface area contributed by atoms with Gasteiger partial charge < -0.3 is 10.1 Å². The van der Waals surface area contributed by atoms with Crippen LogP contribution in [-0.4, -0.2) is 28.8 Å². The van der Waals surface area contributed by atoms with Crippen molar-refractivity contribution in [3.63, 3.8) is 0 Å². The van der Waals surface area contributed by atoms with Gasteiger partial charge in [-0.25, -0.2) is 9.37 Å². The molecule has 1 N–H and O–H groups in total. The lowest BCUT2D eigenvalue weighted by molar-refractivity contribution is 0.0932. The maximum absolute atomic E-state index is 13.3. The van der Waals surface area contributed by atoms with Crippen molar-refractivity contribution in [1.82, 2.24) is 14.9 Å². The van der Waals surface area contributed by atoms with Crippen molar-refractivity contribution in [2.75, 3.05) is 13.4 Å². The molecule has 0 spiro atoms. The molecule has 1 unspecified atom stereocenters. The Labute approximate surface area is 161 Å².